The van der Waals surface area contributed by atoms with Crippen LogP contribution in [-0.4, -0.2) is 53.1 Å². The molecule has 98 valence electrons. The third-order valence-corrected chi connectivity index (χ3v) is 3.72. The summed E-state index contributed by atoms with van der Waals surface area (Å²) < 4.78 is 31.9. The molecule has 3 N–H and O–H groups in total. The number of nitrogens with zero attached hydrogens (tertiary/aromatic N) is 1. The molecule has 0 atom stereocenters. The van der Waals surface area contributed by atoms with Crippen LogP contribution < -0.4 is 10.5 Å². The summed E-state index contributed by atoms with van der Waals surface area (Å²) in [5.41, 5.74) is 5.33. The van der Waals surface area contributed by atoms with E-state index in [4.69, 9.17) is 10.5 Å². The molecule has 0 aromatic rings. The first-order valence-corrected chi connectivity index (χ1v) is 6.59. The second-order valence-electron chi connectivity index (χ2n) is 4.52. The fourth-order valence-corrected chi connectivity index (χ4v) is 2.22. The maximum absolute atomic E-state index is 11.7. The van der Waals surface area contributed by atoms with Crippen LogP contribution >= 0.6 is 0 Å². The first-order chi connectivity index (χ1) is 7.25. The molecule has 16 heavy (non-hydrogen) atoms. The molecule has 0 aliphatic carbocycles. The van der Waals surface area contributed by atoms with Crippen molar-refractivity contribution in [2.75, 3.05) is 40.4 Å². The van der Waals surface area contributed by atoms with Gasteiger partial charge in [-0.2, -0.15) is 17.4 Å². The van der Waals surface area contributed by atoms with Crippen LogP contribution in [0, 0.1) is 5.41 Å². The minimum atomic E-state index is -3.43. The summed E-state index contributed by atoms with van der Waals surface area (Å²) in [6.45, 7) is 5.29. The Morgan fingerprint density at radius 1 is 1.44 bits per heavy atom. The van der Waals surface area contributed by atoms with Gasteiger partial charge >= 0.3 is 0 Å². The van der Waals surface area contributed by atoms with Gasteiger partial charge in [0.2, 0.25) is 0 Å². The first-order valence-electron chi connectivity index (χ1n) is 5.15. The van der Waals surface area contributed by atoms with E-state index >= 15 is 0 Å². The highest BCUT2D eigenvalue weighted by Gasteiger charge is 2.25. The molecular weight excluding hydrogens is 230 g/mol. The molecule has 0 amide bonds. The summed E-state index contributed by atoms with van der Waals surface area (Å²) in [6, 6.07) is 0. The number of nitrogens with two attached hydrogens (primary N) is 1. The molecule has 7 heteroatoms. The molecule has 0 saturated heterocycles. The van der Waals surface area contributed by atoms with Gasteiger partial charge < -0.3 is 10.5 Å². The summed E-state index contributed by atoms with van der Waals surface area (Å²) >= 11 is 0. The van der Waals surface area contributed by atoms with Crippen molar-refractivity contribution in [1.29, 1.82) is 0 Å². The number of hydrogen-bond acceptors (Lipinski definition) is 4. The van der Waals surface area contributed by atoms with Crippen LogP contribution in [-0.2, 0) is 14.9 Å². The zero-order valence-electron chi connectivity index (χ0n) is 10.5. The Morgan fingerprint density at radius 2 is 2.00 bits per heavy atom. The highest BCUT2D eigenvalue weighted by molar-refractivity contribution is 7.87. The van der Waals surface area contributed by atoms with E-state index in [1.54, 1.807) is 0 Å². The molecule has 0 saturated carbocycles. The van der Waals surface area contributed by atoms with Gasteiger partial charge in [-0.3, -0.25) is 0 Å². The average molecular weight is 253 g/mol. The van der Waals surface area contributed by atoms with Gasteiger partial charge in [-0.25, -0.2) is 0 Å². The van der Waals surface area contributed by atoms with E-state index in [9.17, 15) is 8.42 Å². The van der Waals surface area contributed by atoms with Crippen LogP contribution in [0.25, 0.3) is 0 Å². The van der Waals surface area contributed by atoms with Crippen LogP contribution in [0.2, 0.25) is 0 Å². The van der Waals surface area contributed by atoms with Gasteiger partial charge in [0.25, 0.3) is 10.2 Å². The quantitative estimate of drug-likeness (QED) is 0.565. The summed E-state index contributed by atoms with van der Waals surface area (Å²) in [6.07, 6.45) is 0. The average Bonchev–Trinajstić information content (AvgIpc) is 2.17. The molecule has 0 unspecified atom stereocenters. The Hall–Kier alpha value is -0.210. The van der Waals surface area contributed by atoms with Gasteiger partial charge in [0, 0.05) is 27.2 Å². The predicted octanol–water partition coefficient (Wildman–Crippen LogP) is -0.616. The van der Waals surface area contributed by atoms with E-state index in [1.165, 1.54) is 18.5 Å². The van der Waals surface area contributed by atoms with E-state index < -0.39 is 10.2 Å². The molecule has 0 aliphatic rings. The monoisotopic (exact) mass is 253 g/mol. The molecule has 0 aromatic carbocycles. The normalized spacial score (nSPS) is 13.4. The van der Waals surface area contributed by atoms with Gasteiger partial charge in [-0.15, -0.1) is 0 Å². The third-order valence-electron chi connectivity index (χ3n) is 2.20. The second-order valence-corrected chi connectivity index (χ2v) is 6.38. The zero-order valence-corrected chi connectivity index (χ0v) is 11.3. The number of ether oxygens (including phenoxy) is 1. The highest BCUT2D eigenvalue weighted by atomic mass is 32.2. The summed E-state index contributed by atoms with van der Waals surface area (Å²) in [5.74, 6) is 0. The van der Waals surface area contributed by atoms with Gasteiger partial charge in [0.1, 0.15) is 0 Å². The van der Waals surface area contributed by atoms with Crippen LogP contribution in [0.3, 0.4) is 0 Å². The van der Waals surface area contributed by atoms with E-state index in [0.29, 0.717) is 19.7 Å². The van der Waals surface area contributed by atoms with E-state index in [1.807, 2.05) is 13.8 Å². The number of nitrogens with one attached hydrogen (secondary N) is 1. The minimum absolute atomic E-state index is 0.231. The van der Waals surface area contributed by atoms with Crippen molar-refractivity contribution in [3.05, 3.63) is 0 Å². The van der Waals surface area contributed by atoms with Crippen molar-refractivity contribution in [3.8, 4) is 0 Å². The second kappa shape index (κ2) is 6.51. The van der Waals surface area contributed by atoms with E-state index in [-0.39, 0.29) is 12.0 Å². The Bertz CT molecular complexity index is 290. The smallest absolute Gasteiger partial charge is 0.279 e. The molecule has 0 radical (unpaired) electrons. The lowest BCUT2D eigenvalue weighted by molar-refractivity contribution is 0.203. The summed E-state index contributed by atoms with van der Waals surface area (Å²) in [7, 11) is -0.370. The summed E-state index contributed by atoms with van der Waals surface area (Å²) in [5, 5.41) is 0. The van der Waals surface area contributed by atoms with Crippen molar-refractivity contribution in [1.82, 2.24) is 9.03 Å². The number of methoxy groups -OCH3 is 1. The standard InChI is InChI=1S/C9H23N3O3S/c1-9(2,7-10)8-12(3)16(13,14)11-5-6-15-4/h11H,5-8,10H2,1-4H3. The summed E-state index contributed by atoms with van der Waals surface area (Å²) in [4.78, 5) is 0. The SMILES string of the molecule is COCCNS(=O)(=O)N(C)CC(C)(C)CN. The number of rotatable bonds is 8. The van der Waals surface area contributed by atoms with Crippen LogP contribution in [0.5, 0.6) is 0 Å². The highest BCUT2D eigenvalue weighted by Crippen LogP contribution is 2.15. The van der Waals surface area contributed by atoms with Crippen LogP contribution in [0.1, 0.15) is 13.8 Å². The molecule has 0 fully saturated rings. The van der Waals surface area contributed by atoms with Gasteiger partial charge in [0.05, 0.1) is 6.61 Å². The Balaban J connectivity index is 4.30. The molecule has 0 aliphatic heterocycles. The Morgan fingerprint density at radius 3 is 2.44 bits per heavy atom. The molecule has 0 aromatic heterocycles. The largest absolute Gasteiger partial charge is 0.383 e. The maximum atomic E-state index is 11.7. The molecule has 0 bridgehead atoms. The Labute approximate surface area is 98.3 Å². The van der Waals surface area contributed by atoms with Crippen LogP contribution in [0.15, 0.2) is 0 Å². The third kappa shape index (κ3) is 5.76. The topological polar surface area (TPSA) is 84.7 Å². The zero-order chi connectivity index (χ0) is 12.8. The van der Waals surface area contributed by atoms with Crippen molar-refractivity contribution >= 4 is 10.2 Å². The molecule has 0 rings (SSSR count). The van der Waals surface area contributed by atoms with Gasteiger partial charge in [-0.05, 0) is 12.0 Å². The molecular formula is C9H23N3O3S. The fraction of sp³-hybridized carbons (Fsp3) is 1.00. The van der Waals surface area contributed by atoms with Crippen molar-refractivity contribution in [2.24, 2.45) is 11.1 Å². The van der Waals surface area contributed by atoms with Crippen molar-refractivity contribution in [3.63, 3.8) is 0 Å². The Kier molecular flexibility index (Phi) is 6.42. The lowest BCUT2D eigenvalue weighted by Crippen LogP contribution is -2.45. The van der Waals surface area contributed by atoms with E-state index in [2.05, 4.69) is 4.72 Å². The molecule has 0 heterocycles. The van der Waals surface area contributed by atoms with E-state index in [0.717, 1.165) is 0 Å². The number of hydrogen-bond donors (Lipinski definition) is 2. The fourth-order valence-electron chi connectivity index (χ4n) is 1.14. The maximum Gasteiger partial charge on any atom is 0.279 e. The van der Waals surface area contributed by atoms with Crippen molar-refractivity contribution in [2.45, 2.75) is 13.8 Å². The van der Waals surface area contributed by atoms with Gasteiger partial charge in [0.15, 0.2) is 0 Å². The first kappa shape index (κ1) is 15.8. The van der Waals surface area contributed by atoms with Crippen LogP contribution in [0.4, 0.5) is 0 Å². The minimum Gasteiger partial charge on any atom is -0.383 e. The van der Waals surface area contributed by atoms with Gasteiger partial charge in [-0.1, -0.05) is 13.8 Å². The molecule has 6 nitrogen and oxygen atoms in total. The lowest BCUT2D eigenvalue weighted by atomic mass is 9.94. The predicted molar refractivity (Wildman–Crippen MR) is 64.3 cm³/mol. The lowest BCUT2D eigenvalue weighted by Gasteiger charge is -2.28. The van der Waals surface area contributed by atoms with Crippen molar-refractivity contribution < 1.29 is 13.2 Å². The molecule has 0 spiro atoms.